The average molecular weight is 255 g/mol. The monoisotopic (exact) mass is 254 g/mol. The third-order valence-corrected chi connectivity index (χ3v) is 2.42. The second kappa shape index (κ2) is 3.49. The summed E-state index contributed by atoms with van der Waals surface area (Å²) in [5, 5.41) is 2.64. The molecule has 0 saturated heterocycles. The zero-order chi connectivity index (χ0) is 10.1. The Morgan fingerprint density at radius 3 is 2.86 bits per heavy atom. The molecule has 72 valence electrons. The molecule has 0 fully saturated rings. The number of anilines is 1. The molecule has 0 aromatic carbocycles. The number of carbonyl (C=O) groups is 2. The Morgan fingerprint density at radius 2 is 2.07 bits per heavy atom. The highest BCUT2D eigenvalue weighted by molar-refractivity contribution is 9.10. The smallest absolute Gasteiger partial charge is 0.224 e. The van der Waals surface area contributed by atoms with Crippen molar-refractivity contribution in [1.29, 1.82) is 0 Å². The van der Waals surface area contributed by atoms with Crippen LogP contribution in [0.4, 0.5) is 5.69 Å². The van der Waals surface area contributed by atoms with E-state index in [1.54, 1.807) is 12.1 Å². The number of nitrogens with one attached hydrogen (secondary N) is 1. The fourth-order valence-electron chi connectivity index (χ4n) is 1.31. The lowest BCUT2D eigenvalue weighted by molar-refractivity contribution is -0.116. The van der Waals surface area contributed by atoms with E-state index < -0.39 is 0 Å². The third kappa shape index (κ3) is 1.68. The van der Waals surface area contributed by atoms with Gasteiger partial charge in [-0.2, -0.15) is 0 Å². The Hall–Kier alpha value is -1.23. The predicted octanol–water partition coefficient (Wildman–Crippen LogP) is 1.76. The Kier molecular flexibility index (Phi) is 2.33. The SMILES string of the molecule is O=C1CCC(=O)c2nc(Br)ccc2N1. The van der Waals surface area contributed by atoms with E-state index in [0.717, 1.165) is 0 Å². The summed E-state index contributed by atoms with van der Waals surface area (Å²) in [4.78, 5) is 26.7. The van der Waals surface area contributed by atoms with Crippen LogP contribution in [0.2, 0.25) is 0 Å². The summed E-state index contributed by atoms with van der Waals surface area (Å²) in [5.74, 6) is -0.235. The van der Waals surface area contributed by atoms with Crippen molar-refractivity contribution in [2.24, 2.45) is 0 Å². The molecule has 0 unspecified atom stereocenters. The van der Waals surface area contributed by atoms with Crippen molar-refractivity contribution in [3.63, 3.8) is 0 Å². The molecule has 1 aromatic heterocycles. The Labute approximate surface area is 88.8 Å². The summed E-state index contributed by atoms with van der Waals surface area (Å²) in [6.45, 7) is 0. The molecule has 0 bridgehead atoms. The lowest BCUT2D eigenvalue weighted by Crippen LogP contribution is -2.09. The Morgan fingerprint density at radius 1 is 1.29 bits per heavy atom. The summed E-state index contributed by atoms with van der Waals surface area (Å²) >= 11 is 3.18. The number of nitrogens with zero attached hydrogens (tertiary/aromatic N) is 1. The maximum atomic E-state index is 11.5. The fourth-order valence-corrected chi connectivity index (χ4v) is 1.62. The largest absolute Gasteiger partial charge is 0.324 e. The van der Waals surface area contributed by atoms with Crippen LogP contribution >= 0.6 is 15.9 Å². The molecule has 4 nitrogen and oxygen atoms in total. The molecule has 0 radical (unpaired) electrons. The molecular formula is C9H7BrN2O2. The molecule has 14 heavy (non-hydrogen) atoms. The third-order valence-electron chi connectivity index (χ3n) is 1.98. The molecule has 1 aromatic rings. The highest BCUT2D eigenvalue weighted by Gasteiger charge is 2.20. The summed E-state index contributed by atoms with van der Waals surface area (Å²) in [5.41, 5.74) is 0.839. The average Bonchev–Trinajstić information content (AvgIpc) is 2.29. The summed E-state index contributed by atoms with van der Waals surface area (Å²) in [6.07, 6.45) is 0.453. The zero-order valence-electron chi connectivity index (χ0n) is 7.21. The van der Waals surface area contributed by atoms with E-state index in [4.69, 9.17) is 0 Å². The number of hydrogen-bond acceptors (Lipinski definition) is 3. The van der Waals surface area contributed by atoms with Crippen LogP contribution in [0.15, 0.2) is 16.7 Å². The van der Waals surface area contributed by atoms with Gasteiger partial charge in [0.25, 0.3) is 0 Å². The lowest BCUT2D eigenvalue weighted by Gasteiger charge is -2.03. The minimum atomic E-state index is -0.138. The first-order valence-electron chi connectivity index (χ1n) is 4.16. The van der Waals surface area contributed by atoms with Crippen molar-refractivity contribution in [2.45, 2.75) is 12.8 Å². The van der Waals surface area contributed by atoms with Crippen molar-refractivity contribution in [1.82, 2.24) is 4.98 Å². The zero-order valence-corrected chi connectivity index (χ0v) is 8.80. The van der Waals surface area contributed by atoms with Crippen molar-refractivity contribution in [2.75, 3.05) is 5.32 Å². The molecule has 1 aliphatic rings. The molecular weight excluding hydrogens is 248 g/mol. The molecule has 0 atom stereocenters. The van der Waals surface area contributed by atoms with Gasteiger partial charge in [-0.25, -0.2) is 4.98 Å². The van der Waals surface area contributed by atoms with Gasteiger partial charge in [0.05, 0.1) is 5.69 Å². The second-order valence-corrected chi connectivity index (χ2v) is 3.81. The quantitative estimate of drug-likeness (QED) is 0.718. The van der Waals surface area contributed by atoms with Crippen LogP contribution in [0.25, 0.3) is 0 Å². The molecule has 5 heteroatoms. The van der Waals surface area contributed by atoms with Gasteiger partial charge >= 0.3 is 0 Å². The number of pyridine rings is 1. The van der Waals surface area contributed by atoms with E-state index in [1.807, 2.05) is 0 Å². The number of amides is 1. The van der Waals surface area contributed by atoms with Crippen molar-refractivity contribution < 1.29 is 9.59 Å². The maximum Gasteiger partial charge on any atom is 0.224 e. The molecule has 2 rings (SSSR count). The molecule has 1 amide bonds. The topological polar surface area (TPSA) is 59.1 Å². The Balaban J connectivity index is 2.52. The lowest BCUT2D eigenvalue weighted by atomic mass is 10.1. The number of aromatic nitrogens is 1. The number of rotatable bonds is 0. The van der Waals surface area contributed by atoms with Crippen LogP contribution in [-0.4, -0.2) is 16.7 Å². The number of carbonyl (C=O) groups excluding carboxylic acids is 2. The van der Waals surface area contributed by atoms with Gasteiger partial charge in [0, 0.05) is 12.8 Å². The van der Waals surface area contributed by atoms with E-state index in [0.29, 0.717) is 16.0 Å². The van der Waals surface area contributed by atoms with Gasteiger partial charge in [0.1, 0.15) is 10.3 Å². The first kappa shape index (κ1) is 9.33. The molecule has 0 spiro atoms. The van der Waals surface area contributed by atoms with E-state index in [9.17, 15) is 9.59 Å². The van der Waals surface area contributed by atoms with Crippen LogP contribution in [0.5, 0.6) is 0 Å². The van der Waals surface area contributed by atoms with Crippen LogP contribution < -0.4 is 5.32 Å². The van der Waals surface area contributed by atoms with Gasteiger partial charge in [-0.1, -0.05) is 0 Å². The van der Waals surface area contributed by atoms with E-state index in [-0.39, 0.29) is 24.5 Å². The van der Waals surface area contributed by atoms with Gasteiger partial charge in [0.15, 0.2) is 5.78 Å². The van der Waals surface area contributed by atoms with Crippen molar-refractivity contribution >= 4 is 33.3 Å². The minimum absolute atomic E-state index is 0.0975. The normalized spacial score (nSPS) is 15.8. The standard InChI is InChI=1S/C9H7BrN2O2/c10-7-3-1-5-9(12-7)6(13)2-4-8(14)11-5/h1,3H,2,4H2,(H,11,14). The summed E-state index contributed by atoms with van der Waals surface area (Å²) in [7, 11) is 0. The molecule has 2 heterocycles. The highest BCUT2D eigenvalue weighted by atomic mass is 79.9. The fraction of sp³-hybridized carbons (Fsp3) is 0.222. The van der Waals surface area contributed by atoms with Crippen molar-refractivity contribution in [3.05, 3.63) is 22.4 Å². The molecule has 1 N–H and O–H groups in total. The van der Waals surface area contributed by atoms with Gasteiger partial charge in [-0.3, -0.25) is 9.59 Å². The number of hydrogen-bond donors (Lipinski definition) is 1. The van der Waals surface area contributed by atoms with Crippen molar-refractivity contribution in [3.8, 4) is 0 Å². The van der Waals surface area contributed by atoms with E-state index >= 15 is 0 Å². The van der Waals surface area contributed by atoms with E-state index in [1.165, 1.54) is 0 Å². The van der Waals surface area contributed by atoms with Crippen LogP contribution in [-0.2, 0) is 4.79 Å². The summed E-state index contributed by atoms with van der Waals surface area (Å²) < 4.78 is 0.598. The van der Waals surface area contributed by atoms with Gasteiger partial charge in [-0.15, -0.1) is 0 Å². The number of halogens is 1. The number of fused-ring (bicyclic) bond motifs is 1. The van der Waals surface area contributed by atoms with Gasteiger partial charge in [0.2, 0.25) is 5.91 Å². The van der Waals surface area contributed by atoms with Crippen LogP contribution in [0, 0.1) is 0 Å². The Bertz CT molecular complexity index is 417. The predicted molar refractivity (Wildman–Crippen MR) is 54.1 cm³/mol. The molecule has 1 aliphatic heterocycles. The molecule has 0 saturated carbocycles. The molecule has 0 aliphatic carbocycles. The maximum absolute atomic E-state index is 11.5. The minimum Gasteiger partial charge on any atom is -0.324 e. The highest BCUT2D eigenvalue weighted by Crippen LogP contribution is 2.22. The number of Topliss-reactive ketones (excluding diaryl/α,β-unsaturated/α-hetero) is 1. The van der Waals surface area contributed by atoms with Gasteiger partial charge in [-0.05, 0) is 28.1 Å². The first-order valence-corrected chi connectivity index (χ1v) is 4.96. The van der Waals surface area contributed by atoms with E-state index in [2.05, 4.69) is 26.2 Å². The van der Waals surface area contributed by atoms with Crippen LogP contribution in [0.1, 0.15) is 23.3 Å². The summed E-state index contributed by atoms with van der Waals surface area (Å²) in [6, 6.07) is 3.37. The second-order valence-electron chi connectivity index (χ2n) is 3.00. The van der Waals surface area contributed by atoms with Crippen LogP contribution in [0.3, 0.4) is 0 Å². The first-order chi connectivity index (χ1) is 6.66. The van der Waals surface area contributed by atoms with Gasteiger partial charge < -0.3 is 5.32 Å². The number of ketones is 1.